The van der Waals surface area contributed by atoms with Crippen LogP contribution in [0.2, 0.25) is 0 Å². The topological polar surface area (TPSA) is 47.9 Å². The van der Waals surface area contributed by atoms with Gasteiger partial charge in [0, 0.05) is 19.8 Å². The smallest absolute Gasteiger partial charge is 0.119 e. The summed E-state index contributed by atoms with van der Waals surface area (Å²) in [6.45, 7) is 1.91. The van der Waals surface area contributed by atoms with E-state index in [0.29, 0.717) is 5.84 Å². The third-order valence-corrected chi connectivity index (χ3v) is 1.02. The normalized spacial score (nSPS) is 10.8. The second-order valence-electron chi connectivity index (χ2n) is 1.74. The Morgan fingerprint density at radius 3 is 2.22 bits per heavy atom. The van der Waals surface area contributed by atoms with Gasteiger partial charge in [-0.25, -0.2) is 0 Å². The molecule has 0 heterocycles. The molecule has 9 heavy (non-hydrogen) atoms. The summed E-state index contributed by atoms with van der Waals surface area (Å²) in [6, 6.07) is 0. The quantitative estimate of drug-likeness (QED) is 0.369. The highest BCUT2D eigenvalue weighted by Gasteiger charge is 1.84. The van der Waals surface area contributed by atoms with Crippen LogP contribution in [0.5, 0.6) is 0 Å². The van der Waals surface area contributed by atoms with Gasteiger partial charge in [-0.1, -0.05) is 0 Å². The fourth-order valence-corrected chi connectivity index (χ4v) is 0.361. The molecule has 3 nitrogen and oxygen atoms in total. The largest absolute Gasteiger partial charge is 0.392 e. The molecule has 3 N–H and O–H groups in total. The van der Waals surface area contributed by atoms with Crippen LogP contribution in [0.3, 0.4) is 0 Å². The summed E-state index contributed by atoms with van der Waals surface area (Å²) in [6.07, 6.45) is 1.72. The first-order valence-electron chi connectivity index (χ1n) is 2.83. The van der Waals surface area contributed by atoms with Crippen molar-refractivity contribution in [2.75, 3.05) is 14.1 Å². The van der Waals surface area contributed by atoms with Crippen LogP contribution in [0.1, 0.15) is 6.92 Å². The molecule has 0 saturated heterocycles. The van der Waals surface area contributed by atoms with Gasteiger partial charge in [-0.3, -0.25) is 5.41 Å². The van der Waals surface area contributed by atoms with Crippen molar-refractivity contribution >= 4 is 5.84 Å². The SMILES string of the molecule is CNC(=N)/C=C(/C)NC. The van der Waals surface area contributed by atoms with Crippen molar-refractivity contribution in [2.45, 2.75) is 6.92 Å². The second kappa shape index (κ2) is 3.95. The van der Waals surface area contributed by atoms with Gasteiger partial charge >= 0.3 is 0 Å². The Balaban J connectivity index is 3.79. The Labute approximate surface area is 55.7 Å². The third kappa shape index (κ3) is 3.58. The van der Waals surface area contributed by atoms with Crippen LogP contribution in [0.15, 0.2) is 11.8 Å². The van der Waals surface area contributed by atoms with Gasteiger partial charge in [-0.2, -0.15) is 0 Å². The first-order chi connectivity index (χ1) is 4.20. The first kappa shape index (κ1) is 8.01. The Hall–Kier alpha value is -0.990. The standard InChI is InChI=1S/C6H13N3/c1-5(8-2)4-6(7)9-3/h4,8H,1-3H3,(H2,7,9)/b5-4-. The van der Waals surface area contributed by atoms with E-state index in [1.807, 2.05) is 14.0 Å². The Morgan fingerprint density at radius 2 is 1.89 bits per heavy atom. The van der Waals surface area contributed by atoms with Crippen molar-refractivity contribution in [1.29, 1.82) is 5.41 Å². The van der Waals surface area contributed by atoms with E-state index in [0.717, 1.165) is 5.70 Å². The summed E-state index contributed by atoms with van der Waals surface area (Å²) >= 11 is 0. The predicted octanol–water partition coefficient (Wildman–Crippen LogP) is 0.306. The van der Waals surface area contributed by atoms with E-state index >= 15 is 0 Å². The molecule has 0 amide bonds. The lowest BCUT2D eigenvalue weighted by Gasteiger charge is -1.98. The van der Waals surface area contributed by atoms with E-state index in [2.05, 4.69) is 10.6 Å². The molecule has 52 valence electrons. The van der Waals surface area contributed by atoms with Gasteiger partial charge in [0.15, 0.2) is 0 Å². The highest BCUT2D eigenvalue weighted by molar-refractivity contribution is 5.90. The van der Waals surface area contributed by atoms with Gasteiger partial charge in [0.25, 0.3) is 0 Å². The van der Waals surface area contributed by atoms with Crippen LogP contribution >= 0.6 is 0 Å². The molecule has 0 atom stereocenters. The highest BCUT2D eigenvalue weighted by atomic mass is 14.9. The van der Waals surface area contributed by atoms with Crippen LogP contribution in [-0.2, 0) is 0 Å². The molecular formula is C6H13N3. The molecule has 0 aromatic heterocycles. The number of allylic oxidation sites excluding steroid dienone is 1. The molecule has 3 heteroatoms. The zero-order chi connectivity index (χ0) is 7.28. The fraction of sp³-hybridized carbons (Fsp3) is 0.500. The average Bonchev–Trinajstić information content (AvgIpc) is 1.87. The van der Waals surface area contributed by atoms with Crippen molar-refractivity contribution in [1.82, 2.24) is 10.6 Å². The molecule has 0 spiro atoms. The minimum absolute atomic E-state index is 0.418. The van der Waals surface area contributed by atoms with Crippen molar-refractivity contribution in [3.63, 3.8) is 0 Å². The number of rotatable bonds is 2. The summed E-state index contributed by atoms with van der Waals surface area (Å²) in [5, 5.41) is 12.8. The Bertz CT molecular complexity index is 126. The van der Waals surface area contributed by atoms with Crippen molar-refractivity contribution in [3.05, 3.63) is 11.8 Å². The maximum Gasteiger partial charge on any atom is 0.119 e. The van der Waals surface area contributed by atoms with Crippen LogP contribution in [-0.4, -0.2) is 19.9 Å². The number of hydrogen-bond acceptors (Lipinski definition) is 2. The molecule has 0 aromatic rings. The maximum atomic E-state index is 7.14. The molecule has 0 bridgehead atoms. The molecular weight excluding hydrogens is 114 g/mol. The predicted molar refractivity (Wildman–Crippen MR) is 39.6 cm³/mol. The number of likely N-dealkylation sites (N-methyl/N-ethyl adjacent to an activating group) is 1. The lowest BCUT2D eigenvalue weighted by Crippen LogP contribution is -2.16. The average molecular weight is 127 g/mol. The minimum Gasteiger partial charge on any atom is -0.392 e. The maximum absolute atomic E-state index is 7.14. The first-order valence-corrected chi connectivity index (χ1v) is 2.83. The van der Waals surface area contributed by atoms with E-state index in [1.165, 1.54) is 0 Å². The highest BCUT2D eigenvalue weighted by Crippen LogP contribution is 1.81. The second-order valence-corrected chi connectivity index (χ2v) is 1.74. The van der Waals surface area contributed by atoms with E-state index in [-0.39, 0.29) is 0 Å². The lowest BCUT2D eigenvalue weighted by molar-refractivity contribution is 0.987. The fourth-order valence-electron chi connectivity index (χ4n) is 0.361. The molecule has 0 radical (unpaired) electrons. The third-order valence-electron chi connectivity index (χ3n) is 1.02. The van der Waals surface area contributed by atoms with Crippen molar-refractivity contribution in [3.8, 4) is 0 Å². The molecule has 0 aliphatic heterocycles. The summed E-state index contributed by atoms with van der Waals surface area (Å²) in [5.41, 5.74) is 0.981. The number of nitrogens with one attached hydrogen (secondary N) is 3. The van der Waals surface area contributed by atoms with Gasteiger partial charge in [-0.05, 0) is 13.0 Å². The van der Waals surface area contributed by atoms with Gasteiger partial charge < -0.3 is 10.6 Å². The molecule has 0 rings (SSSR count). The van der Waals surface area contributed by atoms with E-state index in [4.69, 9.17) is 5.41 Å². The minimum atomic E-state index is 0.418. The number of hydrogen-bond donors (Lipinski definition) is 3. The molecule has 0 saturated carbocycles. The summed E-state index contributed by atoms with van der Waals surface area (Å²) < 4.78 is 0. The van der Waals surface area contributed by atoms with E-state index < -0.39 is 0 Å². The van der Waals surface area contributed by atoms with Crippen LogP contribution in [0.25, 0.3) is 0 Å². The van der Waals surface area contributed by atoms with Crippen LogP contribution in [0, 0.1) is 5.41 Å². The number of amidine groups is 1. The van der Waals surface area contributed by atoms with E-state index in [1.54, 1.807) is 13.1 Å². The van der Waals surface area contributed by atoms with Crippen molar-refractivity contribution in [2.24, 2.45) is 0 Å². The van der Waals surface area contributed by atoms with Crippen molar-refractivity contribution < 1.29 is 0 Å². The van der Waals surface area contributed by atoms with Crippen LogP contribution < -0.4 is 10.6 Å². The van der Waals surface area contributed by atoms with Gasteiger partial charge in [-0.15, -0.1) is 0 Å². The molecule has 0 aliphatic rings. The molecule has 0 aliphatic carbocycles. The van der Waals surface area contributed by atoms with Gasteiger partial charge in [0.05, 0.1) is 0 Å². The summed E-state index contributed by atoms with van der Waals surface area (Å²) in [5.74, 6) is 0.418. The summed E-state index contributed by atoms with van der Waals surface area (Å²) in [7, 11) is 3.55. The lowest BCUT2D eigenvalue weighted by atomic mass is 10.4. The molecule has 0 fully saturated rings. The molecule has 0 unspecified atom stereocenters. The summed E-state index contributed by atoms with van der Waals surface area (Å²) in [4.78, 5) is 0. The zero-order valence-corrected chi connectivity index (χ0v) is 6.08. The van der Waals surface area contributed by atoms with E-state index in [9.17, 15) is 0 Å². The monoisotopic (exact) mass is 127 g/mol. The Kier molecular flexibility index (Phi) is 3.51. The zero-order valence-electron chi connectivity index (χ0n) is 6.08. The van der Waals surface area contributed by atoms with Gasteiger partial charge in [0.1, 0.15) is 5.84 Å². The van der Waals surface area contributed by atoms with Crippen LogP contribution in [0.4, 0.5) is 0 Å². The van der Waals surface area contributed by atoms with Gasteiger partial charge in [0.2, 0.25) is 0 Å². The molecule has 0 aromatic carbocycles. The Morgan fingerprint density at radius 1 is 1.33 bits per heavy atom.